The van der Waals surface area contributed by atoms with Crippen LogP contribution in [0.3, 0.4) is 0 Å². The van der Waals surface area contributed by atoms with Gasteiger partial charge < -0.3 is 10.1 Å². The second-order valence-corrected chi connectivity index (χ2v) is 9.01. The number of aromatic nitrogens is 1. The first kappa shape index (κ1) is 21.3. The van der Waals surface area contributed by atoms with Crippen LogP contribution in [0, 0.1) is 11.3 Å². The van der Waals surface area contributed by atoms with Crippen molar-refractivity contribution in [3.05, 3.63) is 71.4 Å². The van der Waals surface area contributed by atoms with Gasteiger partial charge in [0.05, 0.1) is 18.4 Å². The molecule has 1 aliphatic rings. The second kappa shape index (κ2) is 9.90. The van der Waals surface area contributed by atoms with Crippen LogP contribution in [0.2, 0.25) is 0 Å². The van der Waals surface area contributed by atoms with E-state index in [1.54, 1.807) is 31.4 Å². The second-order valence-electron chi connectivity index (χ2n) is 6.94. The maximum atomic E-state index is 12.5. The number of pyridine rings is 1. The number of hydrogen-bond donors (Lipinski definition) is 1. The molecular weight excluding hydrogens is 426 g/mol. The number of carbonyl (C=O) groups excluding carboxylic acids is 1. The van der Waals surface area contributed by atoms with Gasteiger partial charge in [0.25, 0.3) is 0 Å². The van der Waals surface area contributed by atoms with E-state index in [0.717, 1.165) is 46.1 Å². The monoisotopic (exact) mass is 447 g/mol. The summed E-state index contributed by atoms with van der Waals surface area (Å²) < 4.78 is 5.14. The van der Waals surface area contributed by atoms with Crippen LogP contribution in [-0.4, -0.2) is 29.5 Å². The Balaban J connectivity index is 1.59. The number of hydrogen-bond acceptors (Lipinski definition) is 6. The van der Waals surface area contributed by atoms with Crippen LogP contribution in [0.4, 0.5) is 5.69 Å². The summed E-state index contributed by atoms with van der Waals surface area (Å²) in [5, 5.41) is 13.5. The predicted octanol–water partition coefficient (Wildman–Crippen LogP) is 5.15. The Morgan fingerprint density at radius 2 is 2.00 bits per heavy atom. The average Bonchev–Trinajstić information content (AvgIpc) is 2.82. The summed E-state index contributed by atoms with van der Waals surface area (Å²) in [5.74, 6) is 2.63. The molecule has 0 bridgehead atoms. The fourth-order valence-corrected chi connectivity index (χ4v) is 5.29. The lowest BCUT2D eigenvalue weighted by Crippen LogP contribution is -2.15. The number of nitriles is 1. The van der Waals surface area contributed by atoms with E-state index in [4.69, 9.17) is 9.72 Å². The minimum absolute atomic E-state index is 0.143. The molecule has 0 saturated carbocycles. The van der Waals surface area contributed by atoms with Gasteiger partial charge in [-0.15, -0.1) is 0 Å². The number of amides is 1. The van der Waals surface area contributed by atoms with Crippen molar-refractivity contribution in [3.8, 4) is 22.9 Å². The van der Waals surface area contributed by atoms with Crippen molar-refractivity contribution < 1.29 is 9.53 Å². The first-order chi connectivity index (χ1) is 15.2. The Bertz CT molecular complexity index is 1130. The largest absolute Gasteiger partial charge is 0.497 e. The Hall–Kier alpha value is -2.95. The maximum absolute atomic E-state index is 12.5. The highest BCUT2D eigenvalue weighted by Gasteiger charge is 2.23. The van der Waals surface area contributed by atoms with E-state index in [2.05, 4.69) is 11.4 Å². The summed E-state index contributed by atoms with van der Waals surface area (Å²) in [4.78, 5) is 17.3. The number of anilines is 1. The zero-order valence-electron chi connectivity index (χ0n) is 17.1. The molecular formula is C24H21N3O2S2. The van der Waals surface area contributed by atoms with Crippen molar-refractivity contribution in [2.75, 3.05) is 23.9 Å². The van der Waals surface area contributed by atoms with Crippen LogP contribution in [0.1, 0.15) is 16.8 Å². The summed E-state index contributed by atoms with van der Waals surface area (Å²) in [6, 6.07) is 19.5. The zero-order valence-corrected chi connectivity index (χ0v) is 18.7. The van der Waals surface area contributed by atoms with Crippen molar-refractivity contribution >= 4 is 35.1 Å². The Labute approximate surface area is 190 Å². The number of methoxy groups -OCH3 is 1. The molecule has 3 aromatic rings. The summed E-state index contributed by atoms with van der Waals surface area (Å²) >= 11 is 3.18. The quantitative estimate of drug-likeness (QED) is 0.527. The van der Waals surface area contributed by atoms with E-state index < -0.39 is 0 Å². The lowest BCUT2D eigenvalue weighted by Gasteiger charge is -2.21. The van der Waals surface area contributed by atoms with Crippen LogP contribution >= 0.6 is 23.5 Å². The molecule has 156 valence electrons. The SMILES string of the molecule is COc1ccc(NC(=O)CSc2nc3c(c(-c4ccccc4)c2C#N)CSCC3)cc1. The molecule has 1 aromatic heterocycles. The number of aryl methyl sites for hydroxylation is 1. The molecule has 0 atom stereocenters. The molecule has 0 saturated heterocycles. The number of rotatable bonds is 6. The topological polar surface area (TPSA) is 75.0 Å². The smallest absolute Gasteiger partial charge is 0.234 e. The Morgan fingerprint density at radius 3 is 2.71 bits per heavy atom. The van der Waals surface area contributed by atoms with Crippen molar-refractivity contribution in [2.45, 2.75) is 17.2 Å². The molecule has 2 heterocycles. The predicted molar refractivity (Wildman–Crippen MR) is 127 cm³/mol. The Kier molecular flexibility index (Phi) is 6.80. The molecule has 0 fully saturated rings. The van der Waals surface area contributed by atoms with Gasteiger partial charge >= 0.3 is 0 Å². The lowest BCUT2D eigenvalue weighted by atomic mass is 9.95. The number of thioether (sulfide) groups is 2. The number of nitrogens with zero attached hydrogens (tertiary/aromatic N) is 2. The van der Waals surface area contributed by atoms with E-state index in [9.17, 15) is 10.1 Å². The van der Waals surface area contributed by atoms with Crippen LogP contribution < -0.4 is 10.1 Å². The standard InChI is InChI=1S/C24H21N3O2S2/c1-29-18-9-7-17(8-10-18)26-22(28)15-31-24-19(13-25)23(16-5-3-2-4-6-16)20-14-30-12-11-21(20)27-24/h2-10H,11-12,14-15H2,1H3,(H,26,28). The van der Waals surface area contributed by atoms with E-state index in [1.165, 1.54) is 11.8 Å². The van der Waals surface area contributed by atoms with E-state index >= 15 is 0 Å². The molecule has 1 N–H and O–H groups in total. The minimum atomic E-state index is -0.143. The summed E-state index contributed by atoms with van der Waals surface area (Å²) in [6.45, 7) is 0. The van der Waals surface area contributed by atoms with Gasteiger partial charge in [-0.25, -0.2) is 4.98 Å². The highest BCUT2D eigenvalue weighted by Crippen LogP contribution is 2.38. The van der Waals surface area contributed by atoms with Crippen LogP contribution in [0.15, 0.2) is 59.6 Å². The molecule has 0 spiro atoms. The molecule has 0 unspecified atom stereocenters. The molecule has 31 heavy (non-hydrogen) atoms. The van der Waals surface area contributed by atoms with Crippen LogP contribution in [-0.2, 0) is 17.0 Å². The van der Waals surface area contributed by atoms with Gasteiger partial charge in [0, 0.05) is 22.7 Å². The van der Waals surface area contributed by atoms with Gasteiger partial charge in [0.15, 0.2) is 0 Å². The molecule has 2 aromatic carbocycles. The lowest BCUT2D eigenvalue weighted by molar-refractivity contribution is -0.113. The molecule has 7 heteroatoms. The van der Waals surface area contributed by atoms with Crippen molar-refractivity contribution in [1.29, 1.82) is 5.26 Å². The normalized spacial score (nSPS) is 12.5. The molecule has 0 radical (unpaired) electrons. The molecule has 1 amide bonds. The third-order valence-electron chi connectivity index (χ3n) is 4.97. The molecule has 4 rings (SSSR count). The zero-order chi connectivity index (χ0) is 21.6. The third kappa shape index (κ3) is 4.87. The molecule has 5 nitrogen and oxygen atoms in total. The van der Waals surface area contributed by atoms with Gasteiger partial charge in [-0.3, -0.25) is 4.79 Å². The number of ether oxygens (including phenoxy) is 1. The summed E-state index contributed by atoms with van der Waals surface area (Å²) in [5.41, 5.74) is 5.41. The fourth-order valence-electron chi connectivity index (χ4n) is 3.49. The van der Waals surface area contributed by atoms with Gasteiger partial charge in [-0.1, -0.05) is 42.1 Å². The number of benzene rings is 2. The van der Waals surface area contributed by atoms with E-state index in [-0.39, 0.29) is 11.7 Å². The Morgan fingerprint density at radius 1 is 1.23 bits per heavy atom. The van der Waals surface area contributed by atoms with Crippen molar-refractivity contribution in [3.63, 3.8) is 0 Å². The molecule has 1 aliphatic heterocycles. The average molecular weight is 448 g/mol. The first-order valence-corrected chi connectivity index (χ1v) is 12.0. The van der Waals surface area contributed by atoms with Crippen molar-refractivity contribution in [1.82, 2.24) is 4.98 Å². The van der Waals surface area contributed by atoms with E-state index in [1.807, 2.05) is 42.1 Å². The van der Waals surface area contributed by atoms with Gasteiger partial charge in [0.1, 0.15) is 16.8 Å². The van der Waals surface area contributed by atoms with E-state index in [0.29, 0.717) is 16.3 Å². The highest BCUT2D eigenvalue weighted by molar-refractivity contribution is 8.00. The number of nitrogens with one attached hydrogen (secondary N) is 1. The highest BCUT2D eigenvalue weighted by atomic mass is 32.2. The van der Waals surface area contributed by atoms with Crippen LogP contribution in [0.5, 0.6) is 5.75 Å². The maximum Gasteiger partial charge on any atom is 0.234 e. The van der Waals surface area contributed by atoms with Gasteiger partial charge in [-0.2, -0.15) is 17.0 Å². The number of carbonyl (C=O) groups is 1. The molecule has 0 aliphatic carbocycles. The first-order valence-electron chi connectivity index (χ1n) is 9.85. The summed E-state index contributed by atoms with van der Waals surface area (Å²) in [6.07, 6.45) is 0.872. The van der Waals surface area contributed by atoms with Gasteiger partial charge in [-0.05, 0) is 47.6 Å². The fraction of sp³-hybridized carbons (Fsp3) is 0.208. The minimum Gasteiger partial charge on any atom is -0.497 e. The van der Waals surface area contributed by atoms with Crippen molar-refractivity contribution in [2.24, 2.45) is 0 Å². The number of fused-ring (bicyclic) bond motifs is 1. The van der Waals surface area contributed by atoms with Gasteiger partial charge in [0.2, 0.25) is 5.91 Å². The summed E-state index contributed by atoms with van der Waals surface area (Å²) in [7, 11) is 1.60. The van der Waals surface area contributed by atoms with Crippen LogP contribution in [0.25, 0.3) is 11.1 Å². The third-order valence-corrected chi connectivity index (χ3v) is 6.93.